The van der Waals surface area contributed by atoms with Gasteiger partial charge in [0.15, 0.2) is 0 Å². The fourth-order valence-electron chi connectivity index (χ4n) is 1.30. The van der Waals surface area contributed by atoms with Gasteiger partial charge >= 0.3 is 0 Å². The van der Waals surface area contributed by atoms with Gasteiger partial charge in [-0.25, -0.2) is 0 Å². The van der Waals surface area contributed by atoms with E-state index in [4.69, 9.17) is 0 Å². The third-order valence-electron chi connectivity index (χ3n) is 2.18. The molecule has 1 N–H and O–H groups in total. The van der Waals surface area contributed by atoms with Crippen molar-refractivity contribution in [1.29, 1.82) is 0 Å². The monoisotopic (exact) mass is 217 g/mol. The summed E-state index contributed by atoms with van der Waals surface area (Å²) in [6, 6.07) is 9.56. The number of hydrogen-bond acceptors (Lipinski definition) is 2. The first-order chi connectivity index (χ1) is 7.27. The zero-order valence-corrected chi connectivity index (χ0v) is 9.17. The summed E-state index contributed by atoms with van der Waals surface area (Å²) >= 11 is 1.52. The summed E-state index contributed by atoms with van der Waals surface area (Å²) in [5, 5.41) is 6.62. The van der Waals surface area contributed by atoms with E-state index in [1.54, 1.807) is 0 Å². The van der Waals surface area contributed by atoms with Crippen LogP contribution < -0.4 is 5.32 Å². The van der Waals surface area contributed by atoms with Crippen LogP contribution in [0.25, 0.3) is 0 Å². The predicted octanol–water partition coefficient (Wildman–Crippen LogP) is 3.31. The smallest absolute Gasteiger partial charge is 0.256 e. The largest absolute Gasteiger partial charge is 0.322 e. The highest BCUT2D eigenvalue weighted by Crippen LogP contribution is 2.15. The van der Waals surface area contributed by atoms with Crippen molar-refractivity contribution in [2.75, 3.05) is 5.32 Å². The molecule has 0 atom stereocenters. The van der Waals surface area contributed by atoms with Gasteiger partial charge < -0.3 is 5.32 Å². The molecular formula is C12H11NOS. The minimum absolute atomic E-state index is 0.0504. The Morgan fingerprint density at radius 2 is 2.07 bits per heavy atom. The highest BCUT2D eigenvalue weighted by Gasteiger charge is 2.06. The number of nitrogens with one attached hydrogen (secondary N) is 1. The number of benzene rings is 1. The minimum atomic E-state index is -0.0504. The Morgan fingerprint density at radius 3 is 2.73 bits per heavy atom. The van der Waals surface area contributed by atoms with Gasteiger partial charge in [0.1, 0.15) is 0 Å². The third-order valence-corrected chi connectivity index (χ3v) is 2.86. The number of thiophene rings is 1. The Morgan fingerprint density at radius 1 is 1.27 bits per heavy atom. The summed E-state index contributed by atoms with van der Waals surface area (Å²) in [4.78, 5) is 11.7. The molecule has 76 valence electrons. The van der Waals surface area contributed by atoms with E-state index in [1.807, 2.05) is 48.0 Å². The van der Waals surface area contributed by atoms with Gasteiger partial charge in [0.2, 0.25) is 0 Å². The molecule has 0 bridgehead atoms. The second-order valence-electron chi connectivity index (χ2n) is 3.28. The van der Waals surface area contributed by atoms with Crippen molar-refractivity contribution in [1.82, 2.24) is 0 Å². The van der Waals surface area contributed by atoms with Crippen molar-refractivity contribution in [3.05, 3.63) is 52.2 Å². The van der Waals surface area contributed by atoms with E-state index in [0.717, 1.165) is 11.3 Å². The summed E-state index contributed by atoms with van der Waals surface area (Å²) < 4.78 is 0. The highest BCUT2D eigenvalue weighted by atomic mass is 32.1. The van der Waals surface area contributed by atoms with Crippen LogP contribution in [0, 0.1) is 6.92 Å². The van der Waals surface area contributed by atoms with Gasteiger partial charge in [-0.15, -0.1) is 0 Å². The van der Waals surface area contributed by atoms with E-state index in [1.165, 1.54) is 11.3 Å². The van der Waals surface area contributed by atoms with Gasteiger partial charge in [-0.3, -0.25) is 4.79 Å². The zero-order chi connectivity index (χ0) is 10.7. The maximum absolute atomic E-state index is 11.7. The molecule has 0 saturated carbocycles. The second-order valence-corrected chi connectivity index (χ2v) is 4.06. The van der Waals surface area contributed by atoms with Crippen LogP contribution >= 0.6 is 11.3 Å². The molecule has 1 heterocycles. The summed E-state index contributed by atoms with van der Waals surface area (Å²) in [5.41, 5.74) is 2.65. The second kappa shape index (κ2) is 4.28. The molecule has 0 fully saturated rings. The van der Waals surface area contributed by atoms with Crippen LogP contribution in [-0.2, 0) is 0 Å². The van der Waals surface area contributed by atoms with Gasteiger partial charge in [-0.05, 0) is 30.0 Å². The van der Waals surface area contributed by atoms with E-state index in [-0.39, 0.29) is 5.91 Å². The lowest BCUT2D eigenvalue weighted by molar-refractivity contribution is 0.102. The summed E-state index contributed by atoms with van der Waals surface area (Å²) in [5.74, 6) is -0.0504. The summed E-state index contributed by atoms with van der Waals surface area (Å²) in [6.45, 7) is 1.98. The maximum Gasteiger partial charge on any atom is 0.256 e. The topological polar surface area (TPSA) is 29.1 Å². The van der Waals surface area contributed by atoms with E-state index in [9.17, 15) is 4.79 Å². The molecule has 2 aromatic rings. The molecule has 0 saturated heterocycles. The normalized spacial score (nSPS) is 9.93. The Kier molecular flexibility index (Phi) is 2.83. The fourth-order valence-corrected chi connectivity index (χ4v) is 1.94. The van der Waals surface area contributed by atoms with Crippen LogP contribution in [0.15, 0.2) is 41.1 Å². The number of amides is 1. The highest BCUT2D eigenvalue weighted by molar-refractivity contribution is 7.08. The van der Waals surface area contributed by atoms with Crippen molar-refractivity contribution in [2.45, 2.75) is 6.92 Å². The lowest BCUT2D eigenvalue weighted by Crippen LogP contribution is -2.11. The number of para-hydroxylation sites is 1. The lowest BCUT2D eigenvalue weighted by Gasteiger charge is -2.06. The quantitative estimate of drug-likeness (QED) is 0.821. The number of carbonyl (C=O) groups excluding carboxylic acids is 1. The summed E-state index contributed by atoms with van der Waals surface area (Å²) in [6.07, 6.45) is 0. The molecule has 1 aromatic heterocycles. The van der Waals surface area contributed by atoms with Crippen molar-refractivity contribution >= 4 is 22.9 Å². The molecule has 1 aromatic carbocycles. The van der Waals surface area contributed by atoms with Gasteiger partial charge in [0.25, 0.3) is 5.91 Å². The molecule has 15 heavy (non-hydrogen) atoms. The van der Waals surface area contributed by atoms with Gasteiger partial charge in [-0.2, -0.15) is 11.3 Å². The van der Waals surface area contributed by atoms with Crippen molar-refractivity contribution in [3.63, 3.8) is 0 Å². The third kappa shape index (κ3) is 2.25. The molecule has 0 radical (unpaired) electrons. The first-order valence-corrected chi connectivity index (χ1v) is 5.61. The molecule has 0 spiro atoms. The van der Waals surface area contributed by atoms with Crippen LogP contribution in [0.1, 0.15) is 15.9 Å². The average molecular weight is 217 g/mol. The molecule has 0 aliphatic carbocycles. The fraction of sp³-hybridized carbons (Fsp3) is 0.0833. The molecule has 1 amide bonds. The first-order valence-electron chi connectivity index (χ1n) is 4.66. The molecule has 0 aliphatic heterocycles. The van der Waals surface area contributed by atoms with Crippen LogP contribution in [0.3, 0.4) is 0 Å². The minimum Gasteiger partial charge on any atom is -0.322 e. The predicted molar refractivity (Wildman–Crippen MR) is 63.5 cm³/mol. The standard InChI is InChI=1S/C12H11NOS/c1-9-4-2-3-5-11(9)13-12(14)10-6-7-15-8-10/h2-8H,1H3,(H,13,14). The van der Waals surface area contributed by atoms with Gasteiger partial charge in [-0.1, -0.05) is 18.2 Å². The van der Waals surface area contributed by atoms with Crippen LogP contribution in [0.5, 0.6) is 0 Å². The molecular weight excluding hydrogens is 206 g/mol. The van der Waals surface area contributed by atoms with E-state index in [2.05, 4.69) is 5.32 Å². The van der Waals surface area contributed by atoms with E-state index >= 15 is 0 Å². The Bertz CT molecular complexity index is 462. The lowest BCUT2D eigenvalue weighted by atomic mass is 10.2. The van der Waals surface area contributed by atoms with E-state index in [0.29, 0.717) is 5.56 Å². The molecule has 0 unspecified atom stereocenters. The van der Waals surface area contributed by atoms with Gasteiger partial charge in [0.05, 0.1) is 5.56 Å². The molecule has 2 nitrogen and oxygen atoms in total. The number of hydrogen-bond donors (Lipinski definition) is 1. The Hall–Kier alpha value is -1.61. The van der Waals surface area contributed by atoms with Gasteiger partial charge in [0, 0.05) is 11.1 Å². The van der Waals surface area contributed by atoms with Crippen LogP contribution in [0.2, 0.25) is 0 Å². The molecule has 0 aliphatic rings. The van der Waals surface area contributed by atoms with Crippen molar-refractivity contribution in [3.8, 4) is 0 Å². The Labute approximate surface area is 92.6 Å². The van der Waals surface area contributed by atoms with Crippen molar-refractivity contribution < 1.29 is 4.79 Å². The zero-order valence-electron chi connectivity index (χ0n) is 8.36. The Balaban J connectivity index is 2.17. The number of anilines is 1. The summed E-state index contributed by atoms with van der Waals surface area (Å²) in [7, 11) is 0. The number of carbonyl (C=O) groups is 1. The first kappa shape index (κ1) is 9.93. The number of aryl methyl sites for hydroxylation is 1. The SMILES string of the molecule is Cc1ccccc1NC(=O)c1ccsc1. The number of rotatable bonds is 2. The average Bonchev–Trinajstić information content (AvgIpc) is 2.74. The molecule has 2 rings (SSSR count). The maximum atomic E-state index is 11.7. The molecule has 3 heteroatoms. The van der Waals surface area contributed by atoms with Crippen molar-refractivity contribution in [2.24, 2.45) is 0 Å². The van der Waals surface area contributed by atoms with Crippen LogP contribution in [0.4, 0.5) is 5.69 Å². The van der Waals surface area contributed by atoms with Crippen LogP contribution in [-0.4, -0.2) is 5.91 Å². The van der Waals surface area contributed by atoms with E-state index < -0.39 is 0 Å².